The van der Waals surface area contributed by atoms with Gasteiger partial charge in [-0.15, -0.1) is 0 Å². The molecule has 0 aliphatic heterocycles. The van der Waals surface area contributed by atoms with Gasteiger partial charge in [0.05, 0.1) is 13.2 Å². The van der Waals surface area contributed by atoms with Crippen molar-refractivity contribution in [3.8, 4) is 0 Å². The van der Waals surface area contributed by atoms with Crippen molar-refractivity contribution in [2.45, 2.75) is 238 Å². The van der Waals surface area contributed by atoms with Gasteiger partial charge < -0.3 is 19.3 Å². The van der Waals surface area contributed by atoms with Crippen molar-refractivity contribution in [2.75, 3.05) is 40.5 Å². The minimum Gasteiger partial charge on any atom is -0.462 e. The molecule has 0 saturated carbocycles. The van der Waals surface area contributed by atoms with Crippen LogP contribution in [0.3, 0.4) is 0 Å². The Balaban J connectivity index is 4.16. The van der Waals surface area contributed by atoms with Crippen LogP contribution in [0.1, 0.15) is 232 Å². The minimum absolute atomic E-state index is 0.00808. The van der Waals surface area contributed by atoms with Crippen molar-refractivity contribution in [2.24, 2.45) is 0 Å². The Hall–Kier alpha value is -1.51. The molecular weight excluding hydrogens is 762 g/mol. The van der Waals surface area contributed by atoms with Crippen molar-refractivity contribution in [1.82, 2.24) is 4.90 Å². The molecule has 0 rings (SSSR count). The summed E-state index contributed by atoms with van der Waals surface area (Å²) in [5, 5.41) is 0. The molecule has 2 unspecified atom stereocenters. The molecule has 9 nitrogen and oxygen atoms in total. The number of phosphoric acid groups is 1. The molecule has 0 aliphatic rings. The number of unbranched alkanes of at least 4 members (excludes halogenated alkanes) is 28. The Kier molecular flexibility index (Phi) is 43.4. The van der Waals surface area contributed by atoms with Gasteiger partial charge in [0.15, 0.2) is 6.10 Å². The van der Waals surface area contributed by atoms with Crippen LogP contribution in [0.5, 0.6) is 0 Å². The van der Waals surface area contributed by atoms with Gasteiger partial charge in [-0.3, -0.25) is 18.6 Å². The normalized spacial score (nSPS) is 13.5. The Labute approximate surface area is 364 Å². The number of allylic oxidation sites excluding steroid dienone is 4. The first-order valence-electron chi connectivity index (χ1n) is 24.6. The molecule has 0 aromatic carbocycles. The second kappa shape index (κ2) is 44.5. The summed E-state index contributed by atoms with van der Waals surface area (Å²) in [6.07, 6.45) is 47.9. The van der Waals surface area contributed by atoms with Crippen molar-refractivity contribution >= 4 is 19.8 Å². The van der Waals surface area contributed by atoms with Crippen molar-refractivity contribution in [3.05, 3.63) is 24.3 Å². The second-order valence-electron chi connectivity index (χ2n) is 17.0. The number of carbonyl (C=O) groups excluding carboxylic acids is 2. The van der Waals surface area contributed by atoms with E-state index in [1.807, 2.05) is 19.0 Å². The minimum atomic E-state index is -4.36. The van der Waals surface area contributed by atoms with Gasteiger partial charge in [0.25, 0.3) is 0 Å². The van der Waals surface area contributed by atoms with Gasteiger partial charge >= 0.3 is 19.8 Å². The lowest BCUT2D eigenvalue weighted by atomic mass is 10.0. The SMILES string of the molecule is CCCCCC/C=C\CCCCCCCCCC(=O)OC(COC(=O)CCCCCCCCCCCCC/C=C\CCCCCCCC)COP(=O)(O)OCCN(C)C. The Morgan fingerprint density at radius 1 is 0.508 bits per heavy atom. The number of hydrogen-bond acceptors (Lipinski definition) is 8. The molecule has 0 aromatic rings. The fraction of sp³-hybridized carbons (Fsp3) is 0.878. The van der Waals surface area contributed by atoms with Crippen LogP contribution in [0.4, 0.5) is 0 Å². The van der Waals surface area contributed by atoms with E-state index in [4.69, 9.17) is 18.5 Å². The summed E-state index contributed by atoms with van der Waals surface area (Å²) in [6.45, 7) is 4.33. The highest BCUT2D eigenvalue weighted by atomic mass is 31.2. The maximum Gasteiger partial charge on any atom is 0.472 e. The van der Waals surface area contributed by atoms with Crippen molar-refractivity contribution in [3.63, 3.8) is 0 Å². The summed E-state index contributed by atoms with van der Waals surface area (Å²) < 4.78 is 33.6. The maximum atomic E-state index is 12.7. The summed E-state index contributed by atoms with van der Waals surface area (Å²) >= 11 is 0. The number of carbonyl (C=O) groups is 2. The largest absolute Gasteiger partial charge is 0.472 e. The van der Waals surface area contributed by atoms with Crippen LogP contribution in [0.25, 0.3) is 0 Å². The molecule has 0 radical (unpaired) electrons. The van der Waals surface area contributed by atoms with Gasteiger partial charge in [-0.25, -0.2) is 4.57 Å². The molecule has 0 saturated heterocycles. The molecule has 0 heterocycles. The number of likely N-dealkylation sites (N-methyl/N-ethyl adjacent to an activating group) is 1. The highest BCUT2D eigenvalue weighted by molar-refractivity contribution is 7.47. The first kappa shape index (κ1) is 57.5. The first-order chi connectivity index (χ1) is 28.7. The predicted octanol–water partition coefficient (Wildman–Crippen LogP) is 14.6. The Morgan fingerprint density at radius 2 is 0.864 bits per heavy atom. The zero-order chi connectivity index (χ0) is 43.3. The zero-order valence-corrected chi connectivity index (χ0v) is 39.9. The fourth-order valence-corrected chi connectivity index (χ4v) is 7.65. The van der Waals surface area contributed by atoms with E-state index in [0.717, 1.165) is 44.9 Å². The maximum absolute atomic E-state index is 12.7. The third-order valence-corrected chi connectivity index (χ3v) is 11.7. The number of ether oxygens (including phenoxy) is 2. The van der Waals surface area contributed by atoms with Crippen LogP contribution in [-0.4, -0.2) is 68.3 Å². The monoisotopic (exact) mass is 856 g/mol. The molecule has 0 aliphatic carbocycles. The van der Waals surface area contributed by atoms with E-state index in [-0.39, 0.29) is 32.0 Å². The van der Waals surface area contributed by atoms with E-state index >= 15 is 0 Å². The van der Waals surface area contributed by atoms with Gasteiger partial charge in [0, 0.05) is 19.4 Å². The second-order valence-corrected chi connectivity index (χ2v) is 18.4. The van der Waals surface area contributed by atoms with E-state index < -0.39 is 26.5 Å². The third kappa shape index (κ3) is 45.8. The molecular formula is C49H94NO8P. The topological polar surface area (TPSA) is 112 Å². The lowest BCUT2D eigenvalue weighted by Gasteiger charge is -2.20. The number of phosphoric ester groups is 1. The van der Waals surface area contributed by atoms with Crippen LogP contribution >= 0.6 is 7.82 Å². The molecule has 59 heavy (non-hydrogen) atoms. The third-order valence-electron chi connectivity index (χ3n) is 10.7. The molecule has 1 N–H and O–H groups in total. The highest BCUT2D eigenvalue weighted by Gasteiger charge is 2.26. The van der Waals surface area contributed by atoms with E-state index in [9.17, 15) is 19.0 Å². The standard InChI is InChI=1S/C49H94NO8P/c1-5-7-9-11-13-15-17-19-21-22-23-24-25-26-28-29-31-33-35-37-39-41-48(51)55-45-47(46-57-59(53,54)56-44-43-50(3)4)58-49(52)42-40-38-36-34-32-30-27-20-18-16-14-12-10-8-6-2/h16,18-19,21,47H,5-15,17,20,22-46H2,1-4H3,(H,53,54)/b18-16-,21-19-. The predicted molar refractivity (Wildman–Crippen MR) is 248 cm³/mol. The summed E-state index contributed by atoms with van der Waals surface area (Å²) in [4.78, 5) is 37.1. The fourth-order valence-electron chi connectivity index (χ4n) is 6.91. The van der Waals surface area contributed by atoms with Gasteiger partial charge in [0.1, 0.15) is 6.61 Å². The molecule has 0 bridgehead atoms. The number of rotatable bonds is 46. The summed E-state index contributed by atoms with van der Waals surface area (Å²) in [5.74, 6) is -0.800. The van der Waals surface area contributed by atoms with Crippen molar-refractivity contribution in [1.29, 1.82) is 0 Å². The molecule has 0 spiro atoms. The van der Waals surface area contributed by atoms with Gasteiger partial charge in [0.2, 0.25) is 0 Å². The smallest absolute Gasteiger partial charge is 0.462 e. The highest BCUT2D eigenvalue weighted by Crippen LogP contribution is 2.43. The van der Waals surface area contributed by atoms with E-state index in [1.165, 1.54) is 154 Å². The summed E-state index contributed by atoms with van der Waals surface area (Å²) in [5.41, 5.74) is 0. The first-order valence-corrected chi connectivity index (χ1v) is 26.1. The summed E-state index contributed by atoms with van der Waals surface area (Å²) in [6, 6.07) is 0. The van der Waals surface area contributed by atoms with Gasteiger partial charge in [-0.1, -0.05) is 179 Å². The van der Waals surface area contributed by atoms with Crippen LogP contribution < -0.4 is 0 Å². The van der Waals surface area contributed by atoms with Crippen LogP contribution in [0.2, 0.25) is 0 Å². The van der Waals surface area contributed by atoms with Crippen LogP contribution in [-0.2, 0) is 32.7 Å². The van der Waals surface area contributed by atoms with E-state index in [0.29, 0.717) is 13.0 Å². The van der Waals surface area contributed by atoms with Crippen LogP contribution in [0.15, 0.2) is 24.3 Å². The quantitative estimate of drug-likeness (QED) is 0.0277. The zero-order valence-electron chi connectivity index (χ0n) is 39.0. The Morgan fingerprint density at radius 3 is 1.27 bits per heavy atom. The molecule has 0 fully saturated rings. The number of esters is 2. The summed E-state index contributed by atoms with van der Waals surface area (Å²) in [7, 11) is -0.708. The Bertz CT molecular complexity index is 1040. The van der Waals surface area contributed by atoms with Crippen molar-refractivity contribution < 1.29 is 37.6 Å². The lowest BCUT2D eigenvalue weighted by molar-refractivity contribution is -0.161. The molecule has 0 aromatic heterocycles. The van der Waals surface area contributed by atoms with Gasteiger partial charge in [-0.05, 0) is 78.3 Å². The van der Waals surface area contributed by atoms with Crippen LogP contribution in [0, 0.1) is 0 Å². The molecule has 2 atom stereocenters. The van der Waals surface area contributed by atoms with E-state index in [2.05, 4.69) is 38.2 Å². The average molecular weight is 856 g/mol. The molecule has 10 heteroatoms. The number of nitrogens with zero attached hydrogens (tertiary/aromatic N) is 1. The van der Waals surface area contributed by atoms with E-state index in [1.54, 1.807) is 0 Å². The average Bonchev–Trinajstić information content (AvgIpc) is 3.20. The van der Waals surface area contributed by atoms with Gasteiger partial charge in [-0.2, -0.15) is 0 Å². The molecule has 0 amide bonds. The number of hydrogen-bond donors (Lipinski definition) is 1. The lowest BCUT2D eigenvalue weighted by Crippen LogP contribution is -2.29. The molecule has 348 valence electrons.